The predicted molar refractivity (Wildman–Crippen MR) is 126 cm³/mol. The van der Waals surface area contributed by atoms with Crippen LogP contribution in [-0.2, 0) is 0 Å². The summed E-state index contributed by atoms with van der Waals surface area (Å²) in [4.78, 5) is 10.1. The number of anilines is 1. The van der Waals surface area contributed by atoms with Crippen LogP contribution in [0.3, 0.4) is 0 Å². The number of thiophene rings is 1. The second-order valence-electron chi connectivity index (χ2n) is 8.70. The smallest absolute Gasteiger partial charge is 0.147 e. The van der Waals surface area contributed by atoms with Crippen molar-refractivity contribution in [3.63, 3.8) is 0 Å². The van der Waals surface area contributed by atoms with E-state index >= 15 is 0 Å². The van der Waals surface area contributed by atoms with Gasteiger partial charge in [-0.05, 0) is 53.8 Å². The molecule has 1 unspecified atom stereocenters. The molecule has 158 valence electrons. The molecule has 1 N–H and O–H groups in total. The minimum absolute atomic E-state index is 0.334. The van der Waals surface area contributed by atoms with Crippen molar-refractivity contribution >= 4 is 27.2 Å². The topological polar surface area (TPSA) is 39.6 Å². The normalized spacial score (nSPS) is 19.6. The van der Waals surface area contributed by atoms with Crippen molar-refractivity contribution in [1.82, 2.24) is 9.88 Å². The quantitative estimate of drug-likeness (QED) is 0.604. The lowest BCUT2D eigenvalue weighted by atomic mass is 9.93. The Balaban J connectivity index is 1.43. The highest BCUT2D eigenvalue weighted by Crippen LogP contribution is 2.37. The maximum absolute atomic E-state index is 10.7. The largest absolute Gasteiger partial charge is 0.388 e. The number of piperazine rings is 1. The first-order valence-electron chi connectivity index (χ1n) is 11.4. The van der Waals surface area contributed by atoms with Gasteiger partial charge in [0.2, 0.25) is 0 Å². The monoisotopic (exact) mass is 421 g/mol. The molecule has 1 aliphatic carbocycles. The Hall–Kier alpha value is -1.95. The van der Waals surface area contributed by atoms with E-state index in [0.717, 1.165) is 68.2 Å². The second-order valence-corrected chi connectivity index (χ2v) is 9.62. The Morgan fingerprint density at radius 3 is 2.50 bits per heavy atom. The highest BCUT2D eigenvalue weighted by Gasteiger charge is 2.24. The van der Waals surface area contributed by atoms with Crippen molar-refractivity contribution in [3.8, 4) is 11.3 Å². The summed E-state index contributed by atoms with van der Waals surface area (Å²) in [5.74, 6) is 1.55. The van der Waals surface area contributed by atoms with E-state index < -0.39 is 0 Å². The summed E-state index contributed by atoms with van der Waals surface area (Å²) in [6.07, 6.45) is 4.46. The van der Waals surface area contributed by atoms with Crippen molar-refractivity contribution < 1.29 is 5.11 Å². The van der Waals surface area contributed by atoms with Crippen LogP contribution in [-0.4, -0.2) is 47.7 Å². The third kappa shape index (κ3) is 3.86. The van der Waals surface area contributed by atoms with Gasteiger partial charge in [0.15, 0.2) is 0 Å². The number of fused-ring (bicyclic) bond motifs is 1. The number of hydrogen-bond donors (Lipinski definition) is 1. The Kier molecular flexibility index (Phi) is 5.77. The number of aromatic nitrogens is 1. The number of hydrogen-bond acceptors (Lipinski definition) is 5. The molecule has 1 saturated carbocycles. The zero-order chi connectivity index (χ0) is 20.5. The van der Waals surface area contributed by atoms with Crippen LogP contribution in [0, 0.1) is 5.92 Å². The van der Waals surface area contributed by atoms with E-state index in [0.29, 0.717) is 5.92 Å². The van der Waals surface area contributed by atoms with Gasteiger partial charge in [-0.25, -0.2) is 4.98 Å². The van der Waals surface area contributed by atoms with E-state index in [1.165, 1.54) is 22.9 Å². The molecule has 30 heavy (non-hydrogen) atoms. The molecule has 1 aliphatic heterocycles. The van der Waals surface area contributed by atoms with Gasteiger partial charge in [-0.3, -0.25) is 0 Å². The highest BCUT2D eigenvalue weighted by atomic mass is 32.1. The lowest BCUT2D eigenvalue weighted by molar-refractivity contribution is 0.111. The molecule has 4 nitrogen and oxygen atoms in total. The van der Waals surface area contributed by atoms with E-state index in [1.54, 1.807) is 11.3 Å². The van der Waals surface area contributed by atoms with Crippen molar-refractivity contribution in [2.24, 2.45) is 5.92 Å². The van der Waals surface area contributed by atoms with Crippen LogP contribution in [0.15, 0.2) is 41.8 Å². The van der Waals surface area contributed by atoms with Crippen LogP contribution in [0.4, 0.5) is 5.82 Å². The minimum Gasteiger partial charge on any atom is -0.388 e. The lowest BCUT2D eigenvalue weighted by Gasteiger charge is -2.35. The number of benzene rings is 1. The first-order valence-corrected chi connectivity index (χ1v) is 12.2. The molecule has 0 bridgehead atoms. The fraction of sp³-hybridized carbons (Fsp3) is 0.480. The standard InChI is InChI=1S/C25H31N3OS/c1-2-27-12-14-28(15-13-27)25-24-21(11-16-30-24)17-22(26-25)18-7-9-20(10-8-18)23(29)19-5-3-4-6-19/h7-11,16-17,19,23,29H,2-6,12-15H2,1H3. The Morgan fingerprint density at radius 1 is 1.07 bits per heavy atom. The first kappa shape index (κ1) is 20.0. The molecule has 0 radical (unpaired) electrons. The van der Waals surface area contributed by atoms with Gasteiger partial charge in [0.25, 0.3) is 0 Å². The number of aliphatic hydroxyl groups excluding tert-OH is 1. The molecule has 2 aromatic heterocycles. The maximum Gasteiger partial charge on any atom is 0.147 e. The molecule has 1 atom stereocenters. The van der Waals surface area contributed by atoms with Crippen molar-refractivity contribution in [3.05, 3.63) is 47.3 Å². The van der Waals surface area contributed by atoms with Crippen molar-refractivity contribution in [1.29, 1.82) is 0 Å². The summed E-state index contributed by atoms with van der Waals surface area (Å²) >= 11 is 1.79. The average molecular weight is 422 g/mol. The third-order valence-corrected chi connectivity index (χ3v) is 7.86. The molecular weight excluding hydrogens is 390 g/mol. The molecule has 0 amide bonds. The van der Waals surface area contributed by atoms with E-state index in [-0.39, 0.29) is 6.10 Å². The number of nitrogens with zero attached hydrogens (tertiary/aromatic N) is 3. The molecule has 3 heterocycles. The maximum atomic E-state index is 10.7. The molecular formula is C25H31N3OS. The number of rotatable bonds is 5. The molecule has 2 aliphatic rings. The van der Waals surface area contributed by atoms with Gasteiger partial charge in [0.1, 0.15) is 5.82 Å². The molecule has 1 aromatic carbocycles. The Bertz CT molecular complexity index is 985. The van der Waals surface area contributed by atoms with Crippen LogP contribution >= 0.6 is 11.3 Å². The van der Waals surface area contributed by atoms with Gasteiger partial charge in [-0.2, -0.15) is 0 Å². The molecule has 5 heteroatoms. The first-order chi connectivity index (χ1) is 14.7. The minimum atomic E-state index is -0.334. The van der Waals surface area contributed by atoms with Crippen LogP contribution in [0.5, 0.6) is 0 Å². The van der Waals surface area contributed by atoms with E-state index in [9.17, 15) is 5.11 Å². The number of aliphatic hydroxyl groups is 1. The van der Waals surface area contributed by atoms with Crippen molar-refractivity contribution in [2.45, 2.75) is 38.7 Å². The molecule has 1 saturated heterocycles. The van der Waals surface area contributed by atoms with Crippen LogP contribution in [0.2, 0.25) is 0 Å². The van der Waals surface area contributed by atoms with Crippen LogP contribution < -0.4 is 4.90 Å². The van der Waals surface area contributed by atoms with Crippen molar-refractivity contribution in [2.75, 3.05) is 37.6 Å². The van der Waals surface area contributed by atoms with Crippen LogP contribution in [0.25, 0.3) is 21.3 Å². The zero-order valence-electron chi connectivity index (χ0n) is 17.8. The summed E-state index contributed by atoms with van der Waals surface area (Å²) < 4.78 is 1.29. The number of pyridine rings is 1. The molecule has 2 fully saturated rings. The van der Waals surface area contributed by atoms with Gasteiger partial charge >= 0.3 is 0 Å². The SMILES string of the molecule is CCN1CCN(c2nc(-c3ccc(C(O)C4CCCC4)cc3)cc3ccsc23)CC1. The summed E-state index contributed by atoms with van der Waals surface area (Å²) in [7, 11) is 0. The zero-order valence-corrected chi connectivity index (χ0v) is 18.6. The summed E-state index contributed by atoms with van der Waals surface area (Å²) in [5, 5.41) is 14.2. The summed E-state index contributed by atoms with van der Waals surface area (Å²) in [6, 6.07) is 12.9. The summed E-state index contributed by atoms with van der Waals surface area (Å²) in [6.45, 7) is 7.62. The lowest BCUT2D eigenvalue weighted by Crippen LogP contribution is -2.46. The molecule has 3 aromatic rings. The predicted octanol–water partition coefficient (Wildman–Crippen LogP) is 5.33. The van der Waals surface area contributed by atoms with E-state index in [2.05, 4.69) is 58.5 Å². The Morgan fingerprint density at radius 2 is 1.80 bits per heavy atom. The van der Waals surface area contributed by atoms with E-state index in [4.69, 9.17) is 4.98 Å². The van der Waals surface area contributed by atoms with E-state index in [1.807, 2.05) is 0 Å². The van der Waals surface area contributed by atoms with Gasteiger partial charge in [0, 0.05) is 31.7 Å². The van der Waals surface area contributed by atoms with Gasteiger partial charge in [0.05, 0.1) is 16.5 Å². The second kappa shape index (κ2) is 8.66. The van der Waals surface area contributed by atoms with Gasteiger partial charge < -0.3 is 14.9 Å². The van der Waals surface area contributed by atoms with Gasteiger partial charge in [-0.15, -0.1) is 11.3 Å². The van der Waals surface area contributed by atoms with Gasteiger partial charge in [-0.1, -0.05) is 44.0 Å². The van der Waals surface area contributed by atoms with Crippen LogP contribution in [0.1, 0.15) is 44.3 Å². The fourth-order valence-corrected chi connectivity index (χ4v) is 5.89. The summed E-state index contributed by atoms with van der Waals surface area (Å²) in [5.41, 5.74) is 3.19. The average Bonchev–Trinajstić information content (AvgIpc) is 3.50. The number of likely N-dealkylation sites (N-methyl/N-ethyl adjacent to an activating group) is 1. The fourth-order valence-electron chi connectivity index (χ4n) is 4.99. The highest BCUT2D eigenvalue weighted by molar-refractivity contribution is 7.17. The Labute approximate surface area is 183 Å². The molecule has 0 spiro atoms. The molecule has 5 rings (SSSR count). The third-order valence-electron chi connectivity index (χ3n) is 6.93.